The van der Waals surface area contributed by atoms with E-state index in [0.29, 0.717) is 0 Å². The van der Waals surface area contributed by atoms with Gasteiger partial charge in [-0.3, -0.25) is 4.79 Å². The number of carboxylic acids is 1. The second-order valence-electron chi connectivity index (χ2n) is 4.80. The van der Waals surface area contributed by atoms with Crippen molar-refractivity contribution in [3.63, 3.8) is 0 Å². The average Bonchev–Trinajstić information content (AvgIpc) is 2.38. The minimum atomic E-state index is -0.703. The van der Waals surface area contributed by atoms with E-state index in [4.69, 9.17) is 5.11 Å². The Morgan fingerprint density at radius 2 is 2.22 bits per heavy atom. The van der Waals surface area contributed by atoms with E-state index in [1.165, 1.54) is 12.0 Å². The van der Waals surface area contributed by atoms with Gasteiger partial charge in [-0.1, -0.05) is 12.5 Å². The SMILES string of the molecule is O=C(O)CCCCCc1ccc2c(n1)NCCC2. The van der Waals surface area contributed by atoms with E-state index in [0.717, 1.165) is 50.2 Å². The molecule has 18 heavy (non-hydrogen) atoms. The Balaban J connectivity index is 1.77. The molecule has 98 valence electrons. The van der Waals surface area contributed by atoms with Crippen molar-refractivity contribution in [1.29, 1.82) is 0 Å². The summed E-state index contributed by atoms with van der Waals surface area (Å²) >= 11 is 0. The van der Waals surface area contributed by atoms with Crippen LogP contribution in [-0.4, -0.2) is 22.6 Å². The van der Waals surface area contributed by atoms with E-state index in [1.807, 2.05) is 0 Å². The molecular weight excluding hydrogens is 228 g/mol. The fourth-order valence-corrected chi connectivity index (χ4v) is 2.27. The summed E-state index contributed by atoms with van der Waals surface area (Å²) in [5.74, 6) is 0.343. The van der Waals surface area contributed by atoms with Gasteiger partial charge in [-0.05, 0) is 43.7 Å². The van der Waals surface area contributed by atoms with Gasteiger partial charge in [0.05, 0.1) is 0 Å². The number of unbranched alkanes of at least 4 members (excludes halogenated alkanes) is 2. The van der Waals surface area contributed by atoms with Gasteiger partial charge in [-0.25, -0.2) is 4.98 Å². The Morgan fingerprint density at radius 1 is 1.33 bits per heavy atom. The van der Waals surface area contributed by atoms with Crippen LogP contribution in [0.1, 0.15) is 43.4 Å². The molecule has 0 radical (unpaired) electrons. The Hall–Kier alpha value is -1.58. The molecule has 1 aliphatic heterocycles. The van der Waals surface area contributed by atoms with Crippen LogP contribution in [0.2, 0.25) is 0 Å². The number of carboxylic acid groups (broad SMARTS) is 1. The van der Waals surface area contributed by atoms with E-state index >= 15 is 0 Å². The van der Waals surface area contributed by atoms with Crippen molar-refractivity contribution in [3.8, 4) is 0 Å². The molecule has 0 aliphatic carbocycles. The topological polar surface area (TPSA) is 62.2 Å². The molecule has 1 aliphatic rings. The van der Waals surface area contributed by atoms with Crippen LogP contribution in [0.25, 0.3) is 0 Å². The van der Waals surface area contributed by atoms with Gasteiger partial charge in [0, 0.05) is 18.7 Å². The molecule has 2 heterocycles. The van der Waals surface area contributed by atoms with Crippen LogP contribution in [0, 0.1) is 0 Å². The maximum Gasteiger partial charge on any atom is 0.303 e. The van der Waals surface area contributed by atoms with Gasteiger partial charge in [0.1, 0.15) is 5.82 Å². The molecule has 0 aromatic carbocycles. The number of aliphatic carboxylic acids is 1. The number of carbonyl (C=O) groups is 1. The van der Waals surface area contributed by atoms with E-state index < -0.39 is 5.97 Å². The molecule has 0 bridgehead atoms. The van der Waals surface area contributed by atoms with Gasteiger partial charge in [0.2, 0.25) is 0 Å². The normalized spacial score (nSPS) is 13.8. The maximum atomic E-state index is 10.4. The molecule has 1 aromatic rings. The predicted octanol–water partition coefficient (Wildman–Crippen LogP) is 2.63. The highest BCUT2D eigenvalue weighted by atomic mass is 16.4. The monoisotopic (exact) mass is 248 g/mol. The number of fused-ring (bicyclic) bond motifs is 1. The third kappa shape index (κ3) is 3.72. The number of aryl methyl sites for hydroxylation is 2. The minimum absolute atomic E-state index is 0.277. The first-order chi connectivity index (χ1) is 8.75. The van der Waals surface area contributed by atoms with Crippen molar-refractivity contribution in [2.45, 2.75) is 44.9 Å². The molecule has 1 aromatic heterocycles. The molecule has 4 heteroatoms. The Labute approximate surface area is 107 Å². The van der Waals surface area contributed by atoms with E-state index in [9.17, 15) is 4.79 Å². The number of pyridine rings is 1. The molecule has 2 N–H and O–H groups in total. The van der Waals surface area contributed by atoms with Crippen molar-refractivity contribution < 1.29 is 9.90 Å². The maximum absolute atomic E-state index is 10.4. The molecule has 0 amide bonds. The largest absolute Gasteiger partial charge is 0.481 e. The summed E-state index contributed by atoms with van der Waals surface area (Å²) in [5.41, 5.74) is 2.43. The number of nitrogens with zero attached hydrogens (tertiary/aromatic N) is 1. The van der Waals surface area contributed by atoms with E-state index in [1.54, 1.807) is 0 Å². The second kappa shape index (κ2) is 6.38. The highest BCUT2D eigenvalue weighted by Gasteiger charge is 2.09. The molecule has 0 atom stereocenters. The molecule has 0 unspecified atom stereocenters. The molecule has 0 fully saturated rings. The van der Waals surface area contributed by atoms with Gasteiger partial charge in [-0.2, -0.15) is 0 Å². The minimum Gasteiger partial charge on any atom is -0.481 e. The van der Waals surface area contributed by atoms with Crippen LogP contribution in [-0.2, 0) is 17.6 Å². The van der Waals surface area contributed by atoms with E-state index in [-0.39, 0.29) is 6.42 Å². The summed E-state index contributed by atoms with van der Waals surface area (Å²) in [6.07, 6.45) is 6.25. The van der Waals surface area contributed by atoms with Gasteiger partial charge < -0.3 is 10.4 Å². The zero-order valence-corrected chi connectivity index (χ0v) is 10.6. The fourth-order valence-electron chi connectivity index (χ4n) is 2.27. The molecule has 0 saturated heterocycles. The summed E-state index contributed by atoms with van der Waals surface area (Å²) in [4.78, 5) is 15.0. The van der Waals surface area contributed by atoms with Gasteiger partial charge in [0.25, 0.3) is 0 Å². The number of hydrogen-bond donors (Lipinski definition) is 2. The van der Waals surface area contributed by atoms with Crippen molar-refractivity contribution >= 4 is 11.8 Å². The number of rotatable bonds is 6. The van der Waals surface area contributed by atoms with Crippen molar-refractivity contribution in [1.82, 2.24) is 4.98 Å². The third-order valence-electron chi connectivity index (χ3n) is 3.28. The lowest BCUT2D eigenvalue weighted by Gasteiger charge is -2.17. The van der Waals surface area contributed by atoms with Gasteiger partial charge in [-0.15, -0.1) is 0 Å². The van der Waals surface area contributed by atoms with Crippen LogP contribution < -0.4 is 5.32 Å². The zero-order chi connectivity index (χ0) is 12.8. The van der Waals surface area contributed by atoms with Crippen LogP contribution in [0.15, 0.2) is 12.1 Å². The lowest BCUT2D eigenvalue weighted by molar-refractivity contribution is -0.137. The Bertz CT molecular complexity index is 418. The molecule has 0 spiro atoms. The first-order valence-corrected chi connectivity index (χ1v) is 6.70. The second-order valence-corrected chi connectivity index (χ2v) is 4.80. The van der Waals surface area contributed by atoms with Gasteiger partial charge in [0.15, 0.2) is 0 Å². The fraction of sp³-hybridized carbons (Fsp3) is 0.571. The van der Waals surface area contributed by atoms with Crippen LogP contribution in [0.4, 0.5) is 5.82 Å². The van der Waals surface area contributed by atoms with Crippen LogP contribution in [0.3, 0.4) is 0 Å². The number of aromatic nitrogens is 1. The smallest absolute Gasteiger partial charge is 0.303 e. The van der Waals surface area contributed by atoms with Crippen molar-refractivity contribution in [2.24, 2.45) is 0 Å². The third-order valence-corrected chi connectivity index (χ3v) is 3.28. The summed E-state index contributed by atoms with van der Waals surface area (Å²) < 4.78 is 0. The molecule has 0 saturated carbocycles. The lowest BCUT2D eigenvalue weighted by Crippen LogP contribution is -2.13. The standard InChI is InChI=1S/C14H20N2O2/c17-13(18)7-3-1-2-6-12-9-8-11-5-4-10-15-14(11)16-12/h8-9H,1-7,10H2,(H,15,16)(H,17,18). The van der Waals surface area contributed by atoms with Crippen LogP contribution in [0.5, 0.6) is 0 Å². The summed E-state index contributed by atoms with van der Waals surface area (Å²) in [7, 11) is 0. The predicted molar refractivity (Wildman–Crippen MR) is 70.9 cm³/mol. The summed E-state index contributed by atoms with van der Waals surface area (Å²) in [6.45, 7) is 1.02. The first kappa shape index (κ1) is 12.9. The van der Waals surface area contributed by atoms with Gasteiger partial charge >= 0.3 is 5.97 Å². The first-order valence-electron chi connectivity index (χ1n) is 6.70. The van der Waals surface area contributed by atoms with Crippen LogP contribution >= 0.6 is 0 Å². The van der Waals surface area contributed by atoms with Crippen molar-refractivity contribution in [3.05, 3.63) is 23.4 Å². The lowest BCUT2D eigenvalue weighted by atomic mass is 10.1. The zero-order valence-electron chi connectivity index (χ0n) is 10.6. The summed E-state index contributed by atoms with van der Waals surface area (Å²) in [6, 6.07) is 4.27. The highest BCUT2D eigenvalue weighted by molar-refractivity contribution is 5.66. The number of hydrogen-bond acceptors (Lipinski definition) is 3. The Morgan fingerprint density at radius 3 is 3.06 bits per heavy atom. The quantitative estimate of drug-likeness (QED) is 0.760. The Kier molecular flexibility index (Phi) is 4.56. The number of anilines is 1. The highest BCUT2D eigenvalue weighted by Crippen LogP contribution is 2.20. The average molecular weight is 248 g/mol. The molecular formula is C14H20N2O2. The molecule has 4 nitrogen and oxygen atoms in total. The summed E-state index contributed by atoms with van der Waals surface area (Å²) in [5, 5.41) is 11.9. The molecule has 2 rings (SSSR count). The number of nitrogens with one attached hydrogen (secondary N) is 1. The van der Waals surface area contributed by atoms with E-state index in [2.05, 4.69) is 22.4 Å². The van der Waals surface area contributed by atoms with Crippen molar-refractivity contribution in [2.75, 3.05) is 11.9 Å².